The number of halogens is 2. The molecule has 12 heteroatoms. The number of hydrazone groups is 1. The quantitative estimate of drug-likeness (QED) is 0.127. The van der Waals surface area contributed by atoms with Gasteiger partial charge in [-0.3, -0.25) is 4.79 Å². The van der Waals surface area contributed by atoms with Crippen LogP contribution in [0.1, 0.15) is 51.3 Å². The highest BCUT2D eigenvalue weighted by Crippen LogP contribution is 2.52. The molecular weight excluding hydrogens is 510 g/mol. The van der Waals surface area contributed by atoms with Crippen LogP contribution in [0.25, 0.3) is 10.9 Å². The van der Waals surface area contributed by atoms with E-state index in [1.807, 2.05) is 22.8 Å². The summed E-state index contributed by atoms with van der Waals surface area (Å²) in [5.41, 5.74) is 9.97. The number of amidine groups is 1. The van der Waals surface area contributed by atoms with E-state index < -0.39 is 17.8 Å². The van der Waals surface area contributed by atoms with Crippen LogP contribution < -0.4 is 31.9 Å². The molecule has 0 spiro atoms. The van der Waals surface area contributed by atoms with Gasteiger partial charge in [0.25, 0.3) is 0 Å². The number of anilines is 1. The second-order valence-electron chi connectivity index (χ2n) is 11.1. The molecule has 39 heavy (non-hydrogen) atoms. The second kappa shape index (κ2) is 9.38. The third-order valence-corrected chi connectivity index (χ3v) is 7.11. The van der Waals surface area contributed by atoms with Gasteiger partial charge in [-0.15, -0.1) is 8.78 Å². The molecule has 1 aliphatic heterocycles. The van der Waals surface area contributed by atoms with Crippen molar-refractivity contribution >= 4 is 28.3 Å². The Kier molecular flexibility index (Phi) is 6.42. The van der Waals surface area contributed by atoms with Crippen LogP contribution in [0.15, 0.2) is 47.6 Å². The first kappa shape index (κ1) is 26.7. The molecule has 1 unspecified atom stereocenters. The minimum atomic E-state index is -3.71. The van der Waals surface area contributed by atoms with Gasteiger partial charge in [0.05, 0.1) is 11.5 Å². The number of carbonyl (C=O) groups is 1. The number of amides is 1. The molecule has 0 bridgehead atoms. The number of ether oxygens (including phenoxy) is 2. The molecule has 1 aliphatic carbocycles. The molecule has 0 radical (unpaired) electrons. The molecule has 1 saturated carbocycles. The number of nitrogens with two attached hydrogens (primary N) is 2. The van der Waals surface area contributed by atoms with Gasteiger partial charge in [0, 0.05) is 40.7 Å². The van der Waals surface area contributed by atoms with E-state index >= 15 is 0 Å². The third-order valence-electron chi connectivity index (χ3n) is 7.11. The number of benzene rings is 2. The summed E-state index contributed by atoms with van der Waals surface area (Å²) in [6.45, 7) is 6.53. The maximum Gasteiger partial charge on any atom is 0.586 e. The van der Waals surface area contributed by atoms with Crippen LogP contribution in [0.3, 0.4) is 0 Å². The molecule has 2 aliphatic rings. The lowest BCUT2D eigenvalue weighted by Gasteiger charge is -2.23. The SMILES string of the molecule is CC(C)(C)c1cc2cc(NC(=O)C3(c4ccc5c(c4)OC(F)(F)O5)CC3)ccc2n1CC(O)C/C(N)=N/NN. The van der Waals surface area contributed by atoms with E-state index in [1.54, 1.807) is 12.1 Å². The van der Waals surface area contributed by atoms with Crippen LogP contribution in [0.4, 0.5) is 14.5 Å². The molecular formula is C27H32F2N6O4. The maximum absolute atomic E-state index is 13.5. The minimum absolute atomic E-state index is 0.0549. The van der Waals surface area contributed by atoms with Crippen LogP contribution in [0.2, 0.25) is 0 Å². The first-order chi connectivity index (χ1) is 18.3. The molecule has 1 atom stereocenters. The van der Waals surface area contributed by atoms with Gasteiger partial charge in [0.2, 0.25) is 5.91 Å². The van der Waals surface area contributed by atoms with Crippen molar-refractivity contribution in [3.63, 3.8) is 0 Å². The lowest BCUT2D eigenvalue weighted by molar-refractivity contribution is -0.286. The molecule has 10 nitrogen and oxygen atoms in total. The number of rotatable bonds is 8. The second-order valence-corrected chi connectivity index (χ2v) is 11.1. The van der Waals surface area contributed by atoms with Crippen molar-refractivity contribution in [3.8, 4) is 11.5 Å². The van der Waals surface area contributed by atoms with E-state index in [0.29, 0.717) is 24.1 Å². The van der Waals surface area contributed by atoms with Crippen LogP contribution in [0.5, 0.6) is 11.5 Å². The number of nitrogens with one attached hydrogen (secondary N) is 2. The summed E-state index contributed by atoms with van der Waals surface area (Å²) in [7, 11) is 0. The Morgan fingerprint density at radius 2 is 1.87 bits per heavy atom. The summed E-state index contributed by atoms with van der Waals surface area (Å²) in [5, 5.41) is 18.3. The van der Waals surface area contributed by atoms with Crippen LogP contribution in [0, 0.1) is 0 Å². The predicted molar refractivity (Wildman–Crippen MR) is 142 cm³/mol. The number of hydrogen-bond donors (Lipinski definition) is 5. The van der Waals surface area contributed by atoms with Crippen molar-refractivity contribution in [2.45, 2.75) is 69.8 Å². The van der Waals surface area contributed by atoms with E-state index in [2.05, 4.69) is 46.2 Å². The lowest BCUT2D eigenvalue weighted by Crippen LogP contribution is -2.29. The average molecular weight is 543 g/mol. The summed E-state index contributed by atoms with van der Waals surface area (Å²) >= 11 is 0. The number of nitrogens with zero attached hydrogens (tertiary/aromatic N) is 2. The molecule has 3 aromatic rings. The average Bonchev–Trinajstić information content (AvgIpc) is 3.48. The third kappa shape index (κ3) is 5.21. The zero-order chi connectivity index (χ0) is 28.2. The van der Waals surface area contributed by atoms with Crippen molar-refractivity contribution in [2.24, 2.45) is 16.7 Å². The van der Waals surface area contributed by atoms with Gasteiger partial charge in [-0.2, -0.15) is 5.10 Å². The van der Waals surface area contributed by atoms with Crippen LogP contribution >= 0.6 is 0 Å². The Morgan fingerprint density at radius 3 is 2.54 bits per heavy atom. The van der Waals surface area contributed by atoms with Crippen LogP contribution in [-0.2, 0) is 22.2 Å². The fourth-order valence-electron chi connectivity index (χ4n) is 5.08. The summed E-state index contributed by atoms with van der Waals surface area (Å²) in [4.78, 5) is 13.4. The van der Waals surface area contributed by atoms with Crippen molar-refractivity contribution in [3.05, 3.63) is 53.7 Å². The van der Waals surface area contributed by atoms with Crippen molar-refractivity contribution < 1.29 is 28.2 Å². The molecule has 0 saturated heterocycles. The lowest BCUT2D eigenvalue weighted by atomic mass is 9.92. The Balaban J connectivity index is 1.39. The minimum Gasteiger partial charge on any atom is -0.395 e. The van der Waals surface area contributed by atoms with Gasteiger partial charge < -0.3 is 30.2 Å². The number of aromatic nitrogens is 1. The smallest absolute Gasteiger partial charge is 0.395 e. The largest absolute Gasteiger partial charge is 0.586 e. The number of fused-ring (bicyclic) bond motifs is 2. The highest BCUT2D eigenvalue weighted by Gasteiger charge is 2.52. The highest BCUT2D eigenvalue weighted by molar-refractivity contribution is 6.02. The standard InChI is InChI=1S/C27H32F2N6O4/c1-25(2,3)22-11-15-10-17(5-6-19(15)35(22)14-18(36)13-23(30)33-34-31)32-24(37)26(8-9-26)16-4-7-20-21(12-16)39-27(28,29)38-20/h4-7,10-12,18,34,36H,8-9,13-14,31H2,1-3H3,(H2,30,33)(H,32,37). The normalized spacial score (nSPS) is 18.2. The van der Waals surface area contributed by atoms with Crippen LogP contribution in [-0.4, -0.2) is 33.8 Å². The van der Waals surface area contributed by atoms with Gasteiger partial charge in [-0.25, -0.2) is 11.4 Å². The summed E-state index contributed by atoms with van der Waals surface area (Å²) in [5.74, 6) is 5.00. The molecule has 2 aromatic carbocycles. The fourth-order valence-corrected chi connectivity index (χ4v) is 5.08. The van der Waals surface area contributed by atoms with Gasteiger partial charge >= 0.3 is 6.29 Å². The van der Waals surface area contributed by atoms with E-state index in [-0.39, 0.29) is 41.6 Å². The van der Waals surface area contributed by atoms with Gasteiger partial charge in [0.15, 0.2) is 11.5 Å². The maximum atomic E-state index is 13.5. The molecule has 5 rings (SSSR count). The van der Waals surface area contributed by atoms with E-state index in [4.69, 9.17) is 11.6 Å². The zero-order valence-corrected chi connectivity index (χ0v) is 21.9. The van der Waals surface area contributed by atoms with Gasteiger partial charge in [0.1, 0.15) is 5.84 Å². The molecule has 1 fully saturated rings. The number of aliphatic hydroxyl groups excluding tert-OH is 1. The van der Waals surface area contributed by atoms with E-state index in [0.717, 1.165) is 16.6 Å². The number of alkyl halides is 2. The summed E-state index contributed by atoms with van der Waals surface area (Å²) in [6.07, 6.45) is -3.19. The molecule has 1 aromatic heterocycles. The highest BCUT2D eigenvalue weighted by atomic mass is 19.3. The van der Waals surface area contributed by atoms with Gasteiger partial charge in [-0.1, -0.05) is 26.8 Å². The predicted octanol–water partition coefficient (Wildman–Crippen LogP) is 3.42. The molecule has 7 N–H and O–H groups in total. The molecule has 2 heterocycles. The summed E-state index contributed by atoms with van der Waals surface area (Å²) in [6, 6.07) is 12.1. The molecule has 208 valence electrons. The monoisotopic (exact) mass is 542 g/mol. The Bertz CT molecular complexity index is 1460. The fraction of sp³-hybridized carbons (Fsp3) is 0.407. The van der Waals surface area contributed by atoms with E-state index in [9.17, 15) is 18.7 Å². The number of hydrazine groups is 1. The van der Waals surface area contributed by atoms with Crippen molar-refractivity contribution in [1.82, 2.24) is 10.1 Å². The number of aliphatic hydroxyl groups is 1. The number of hydrogen-bond acceptors (Lipinski definition) is 7. The molecule has 1 amide bonds. The Labute approximate surface area is 223 Å². The van der Waals surface area contributed by atoms with E-state index in [1.165, 1.54) is 12.1 Å². The van der Waals surface area contributed by atoms with Crippen molar-refractivity contribution in [1.29, 1.82) is 0 Å². The first-order valence-electron chi connectivity index (χ1n) is 12.6. The number of carbonyl (C=O) groups excluding carboxylic acids is 1. The zero-order valence-electron chi connectivity index (χ0n) is 21.9. The topological polar surface area (TPSA) is 149 Å². The van der Waals surface area contributed by atoms with Gasteiger partial charge in [-0.05, 0) is 54.8 Å². The first-order valence-corrected chi connectivity index (χ1v) is 12.6. The summed E-state index contributed by atoms with van der Waals surface area (Å²) < 4.78 is 38.0. The Morgan fingerprint density at radius 1 is 1.15 bits per heavy atom. The van der Waals surface area contributed by atoms with Crippen molar-refractivity contribution in [2.75, 3.05) is 5.32 Å². The Hall–Kier alpha value is -3.90.